The number of amides is 1. The van der Waals surface area contributed by atoms with E-state index in [1.165, 1.54) is 23.9 Å². The number of nitrogens with zero attached hydrogens (tertiary/aromatic N) is 2. The van der Waals surface area contributed by atoms with Crippen LogP contribution >= 0.6 is 0 Å². The van der Waals surface area contributed by atoms with Crippen LogP contribution in [0.15, 0.2) is 65.8 Å². The van der Waals surface area contributed by atoms with Gasteiger partial charge in [0.15, 0.2) is 0 Å². The van der Waals surface area contributed by atoms with Crippen molar-refractivity contribution >= 4 is 27.3 Å². The number of benzene rings is 2. The molecule has 29 heavy (non-hydrogen) atoms. The molecule has 3 rings (SSSR count). The molecule has 0 spiro atoms. The van der Waals surface area contributed by atoms with Crippen LogP contribution in [-0.2, 0) is 23.5 Å². The van der Waals surface area contributed by atoms with Crippen molar-refractivity contribution in [3.63, 3.8) is 0 Å². The molecule has 0 unspecified atom stereocenters. The molecule has 0 saturated heterocycles. The third-order valence-electron chi connectivity index (χ3n) is 4.39. The number of hydrogen-bond acceptors (Lipinski definition) is 4. The van der Waals surface area contributed by atoms with Gasteiger partial charge in [0.25, 0.3) is 15.9 Å². The van der Waals surface area contributed by atoms with Crippen molar-refractivity contribution in [3.8, 4) is 0 Å². The standard InChI is InChI=1S/C21H24N4O3S/c1-3-4-6-16-9-11-18(12-10-16)24-29(27,28)20-8-5-7-17(13-20)21(26)23-19-14-22-25(2)15-19/h5,7-15,24H,3-4,6H2,1-2H3,(H,23,26). The smallest absolute Gasteiger partial charge is 0.261 e. The van der Waals surface area contributed by atoms with E-state index in [0.29, 0.717) is 11.4 Å². The van der Waals surface area contributed by atoms with E-state index in [4.69, 9.17) is 0 Å². The van der Waals surface area contributed by atoms with Crippen LogP contribution in [0.3, 0.4) is 0 Å². The van der Waals surface area contributed by atoms with E-state index in [2.05, 4.69) is 22.1 Å². The Labute approximate surface area is 170 Å². The molecule has 3 aromatic rings. The Hall–Kier alpha value is -3.13. The van der Waals surface area contributed by atoms with E-state index in [0.717, 1.165) is 19.3 Å². The molecule has 1 amide bonds. The average Bonchev–Trinajstić information content (AvgIpc) is 3.12. The minimum Gasteiger partial charge on any atom is -0.319 e. The minimum absolute atomic E-state index is 0.0198. The van der Waals surface area contributed by atoms with Crippen molar-refractivity contribution in [2.45, 2.75) is 31.1 Å². The van der Waals surface area contributed by atoms with Gasteiger partial charge in [-0.2, -0.15) is 5.10 Å². The number of hydrogen-bond donors (Lipinski definition) is 2. The van der Waals surface area contributed by atoms with Gasteiger partial charge in [0.2, 0.25) is 0 Å². The number of sulfonamides is 1. The summed E-state index contributed by atoms with van der Waals surface area (Å²) in [5, 5.41) is 6.68. The van der Waals surface area contributed by atoms with Crippen LogP contribution in [0.2, 0.25) is 0 Å². The van der Waals surface area contributed by atoms with Crippen LogP contribution in [0, 0.1) is 0 Å². The highest BCUT2D eigenvalue weighted by molar-refractivity contribution is 7.92. The highest BCUT2D eigenvalue weighted by Crippen LogP contribution is 2.19. The number of anilines is 2. The van der Waals surface area contributed by atoms with Gasteiger partial charge in [0.1, 0.15) is 0 Å². The van der Waals surface area contributed by atoms with Crippen LogP contribution in [0.25, 0.3) is 0 Å². The Morgan fingerprint density at radius 3 is 2.52 bits per heavy atom. The van der Waals surface area contributed by atoms with Crippen LogP contribution in [0.1, 0.15) is 35.7 Å². The van der Waals surface area contributed by atoms with Crippen molar-refractivity contribution < 1.29 is 13.2 Å². The zero-order valence-electron chi connectivity index (χ0n) is 16.4. The van der Waals surface area contributed by atoms with Crippen LogP contribution in [-0.4, -0.2) is 24.1 Å². The number of aromatic nitrogens is 2. The summed E-state index contributed by atoms with van der Waals surface area (Å²) in [4.78, 5) is 12.4. The van der Waals surface area contributed by atoms with E-state index in [-0.39, 0.29) is 10.5 Å². The molecule has 0 radical (unpaired) electrons. The van der Waals surface area contributed by atoms with Crippen LogP contribution in [0.5, 0.6) is 0 Å². The second-order valence-electron chi connectivity index (χ2n) is 6.79. The second-order valence-corrected chi connectivity index (χ2v) is 8.47. The lowest BCUT2D eigenvalue weighted by Gasteiger charge is -2.10. The van der Waals surface area contributed by atoms with Gasteiger partial charge in [-0.1, -0.05) is 31.5 Å². The van der Waals surface area contributed by atoms with Gasteiger partial charge in [-0.15, -0.1) is 0 Å². The fourth-order valence-electron chi connectivity index (χ4n) is 2.83. The van der Waals surface area contributed by atoms with Crippen LogP contribution in [0.4, 0.5) is 11.4 Å². The third-order valence-corrected chi connectivity index (χ3v) is 5.77. The zero-order valence-corrected chi connectivity index (χ0v) is 17.2. The molecule has 1 aromatic heterocycles. The fraction of sp³-hybridized carbons (Fsp3) is 0.238. The monoisotopic (exact) mass is 412 g/mol. The molecule has 0 fully saturated rings. The van der Waals surface area contributed by atoms with Crippen molar-refractivity contribution in [1.29, 1.82) is 0 Å². The Kier molecular flexibility index (Phi) is 6.33. The van der Waals surface area contributed by atoms with Gasteiger partial charge < -0.3 is 5.32 Å². The maximum absolute atomic E-state index is 12.7. The second kappa shape index (κ2) is 8.91. The Morgan fingerprint density at radius 1 is 1.10 bits per heavy atom. The molecule has 1 heterocycles. The van der Waals surface area contributed by atoms with Crippen molar-refractivity contribution in [3.05, 3.63) is 72.1 Å². The topological polar surface area (TPSA) is 93.1 Å². The molecule has 0 saturated carbocycles. The molecule has 0 aliphatic rings. The summed E-state index contributed by atoms with van der Waals surface area (Å²) in [6.07, 6.45) is 6.35. The van der Waals surface area contributed by atoms with E-state index in [1.54, 1.807) is 42.2 Å². The summed E-state index contributed by atoms with van der Waals surface area (Å²) in [5.74, 6) is -0.407. The van der Waals surface area contributed by atoms with Crippen molar-refractivity contribution in [2.75, 3.05) is 10.0 Å². The van der Waals surface area contributed by atoms with E-state index in [9.17, 15) is 13.2 Å². The van der Waals surface area contributed by atoms with Gasteiger partial charge in [0, 0.05) is 24.5 Å². The molecule has 0 atom stereocenters. The molecule has 2 aromatic carbocycles. The maximum Gasteiger partial charge on any atom is 0.261 e. The molecule has 7 nitrogen and oxygen atoms in total. The first kappa shape index (κ1) is 20.6. The summed E-state index contributed by atoms with van der Waals surface area (Å²) in [6, 6.07) is 13.3. The van der Waals surface area contributed by atoms with E-state index >= 15 is 0 Å². The van der Waals surface area contributed by atoms with Gasteiger partial charge in [-0.05, 0) is 48.7 Å². The first-order valence-electron chi connectivity index (χ1n) is 9.39. The lowest BCUT2D eigenvalue weighted by molar-refractivity contribution is 0.102. The van der Waals surface area contributed by atoms with Gasteiger partial charge in [0.05, 0.1) is 16.8 Å². The number of carbonyl (C=O) groups excluding carboxylic acids is 1. The number of aryl methyl sites for hydroxylation is 2. The van der Waals surface area contributed by atoms with Crippen LogP contribution < -0.4 is 10.0 Å². The predicted octanol–water partition coefficient (Wildman–Crippen LogP) is 3.82. The molecular weight excluding hydrogens is 388 g/mol. The molecule has 0 bridgehead atoms. The molecule has 152 valence electrons. The minimum atomic E-state index is -3.81. The summed E-state index contributed by atoms with van der Waals surface area (Å²) in [5.41, 5.74) is 2.43. The lowest BCUT2D eigenvalue weighted by Crippen LogP contribution is -2.15. The highest BCUT2D eigenvalue weighted by Gasteiger charge is 2.17. The summed E-state index contributed by atoms with van der Waals surface area (Å²) >= 11 is 0. The number of rotatable bonds is 8. The number of carbonyl (C=O) groups is 1. The first-order valence-corrected chi connectivity index (χ1v) is 10.9. The highest BCUT2D eigenvalue weighted by atomic mass is 32.2. The fourth-order valence-corrected chi connectivity index (χ4v) is 3.93. The quantitative estimate of drug-likeness (QED) is 0.588. The summed E-state index contributed by atoms with van der Waals surface area (Å²) in [6.45, 7) is 2.13. The van der Waals surface area contributed by atoms with Gasteiger partial charge in [-0.3, -0.25) is 14.2 Å². The normalized spacial score (nSPS) is 11.2. The van der Waals surface area contributed by atoms with Crippen molar-refractivity contribution in [1.82, 2.24) is 9.78 Å². The first-order chi connectivity index (χ1) is 13.9. The average molecular weight is 413 g/mol. The van der Waals surface area contributed by atoms with E-state index in [1.807, 2.05) is 12.1 Å². The maximum atomic E-state index is 12.7. The predicted molar refractivity (Wildman–Crippen MR) is 113 cm³/mol. The lowest BCUT2D eigenvalue weighted by atomic mass is 10.1. The van der Waals surface area contributed by atoms with E-state index < -0.39 is 15.9 Å². The number of unbranched alkanes of at least 4 members (excludes halogenated alkanes) is 1. The summed E-state index contributed by atoms with van der Waals surface area (Å²) < 4.78 is 29.6. The zero-order chi connectivity index (χ0) is 20.9. The molecule has 0 aliphatic heterocycles. The molecular formula is C21H24N4O3S. The largest absolute Gasteiger partial charge is 0.319 e. The molecule has 0 aliphatic carbocycles. The van der Waals surface area contributed by atoms with Crippen molar-refractivity contribution in [2.24, 2.45) is 7.05 Å². The Bertz CT molecular complexity index is 1090. The SMILES string of the molecule is CCCCc1ccc(NS(=O)(=O)c2cccc(C(=O)Nc3cnn(C)c3)c2)cc1. The Balaban J connectivity index is 1.73. The molecule has 2 N–H and O–H groups in total. The Morgan fingerprint density at radius 2 is 1.86 bits per heavy atom. The number of nitrogens with one attached hydrogen (secondary N) is 2. The summed E-state index contributed by atoms with van der Waals surface area (Å²) in [7, 11) is -2.07. The molecule has 8 heteroatoms. The third kappa shape index (κ3) is 5.45. The van der Waals surface area contributed by atoms with Gasteiger partial charge in [-0.25, -0.2) is 8.42 Å². The van der Waals surface area contributed by atoms with Gasteiger partial charge >= 0.3 is 0 Å².